The molecule has 0 rings (SSSR count). The van der Waals surface area contributed by atoms with Gasteiger partial charge in [0, 0.05) is 65.4 Å². The largest absolute Gasteiger partial charge is 0.453 e. The SMILES string of the molecule is COC(=O)NP.[Y].[Y]. The molecule has 1 amide bonds. The van der Waals surface area contributed by atoms with Crippen molar-refractivity contribution in [2.24, 2.45) is 0 Å². The Morgan fingerprint density at radius 2 is 2.00 bits per heavy atom. The van der Waals surface area contributed by atoms with Gasteiger partial charge in [-0.1, -0.05) is 0 Å². The van der Waals surface area contributed by atoms with Crippen LogP contribution in [0.25, 0.3) is 0 Å². The van der Waals surface area contributed by atoms with Crippen LogP contribution in [0.3, 0.4) is 0 Å². The summed E-state index contributed by atoms with van der Waals surface area (Å²) in [5.41, 5.74) is 0. The van der Waals surface area contributed by atoms with Crippen molar-refractivity contribution in [1.82, 2.24) is 5.09 Å². The van der Waals surface area contributed by atoms with Gasteiger partial charge in [0.05, 0.1) is 7.11 Å². The summed E-state index contributed by atoms with van der Waals surface area (Å²) in [6.07, 6.45) is -0.444. The Labute approximate surface area is 101 Å². The number of rotatable bonds is 0. The van der Waals surface area contributed by atoms with Crippen LogP contribution in [0.4, 0.5) is 4.79 Å². The van der Waals surface area contributed by atoms with E-state index in [1.165, 1.54) is 7.11 Å². The zero-order valence-electron chi connectivity index (χ0n) is 4.55. The molecule has 0 aliphatic carbocycles. The van der Waals surface area contributed by atoms with Crippen LogP contribution >= 0.6 is 9.39 Å². The predicted molar refractivity (Wildman–Crippen MR) is 25.3 cm³/mol. The molecule has 2 radical (unpaired) electrons. The van der Waals surface area contributed by atoms with Gasteiger partial charge in [0.2, 0.25) is 0 Å². The van der Waals surface area contributed by atoms with Crippen molar-refractivity contribution in [3.63, 3.8) is 0 Å². The second kappa shape index (κ2) is 11.7. The summed E-state index contributed by atoms with van der Waals surface area (Å²) in [6, 6.07) is 0. The smallest absolute Gasteiger partial charge is 0.409 e. The first-order valence-corrected chi connectivity index (χ1v) is 1.93. The van der Waals surface area contributed by atoms with E-state index in [9.17, 15) is 4.79 Å². The van der Waals surface area contributed by atoms with E-state index in [2.05, 4.69) is 9.82 Å². The Hall–Kier alpha value is 1.91. The van der Waals surface area contributed by atoms with Crippen molar-refractivity contribution in [2.75, 3.05) is 7.11 Å². The van der Waals surface area contributed by atoms with Crippen LogP contribution in [-0.4, -0.2) is 13.2 Å². The predicted octanol–water partition coefficient (Wildman–Crippen LogP) is 0.128. The molecule has 3 nitrogen and oxygen atoms in total. The second-order valence-corrected chi connectivity index (χ2v) is 0.925. The monoisotopic (exact) mass is 285 g/mol. The van der Waals surface area contributed by atoms with E-state index in [1.54, 1.807) is 0 Å². The molecular weight excluding hydrogens is 279 g/mol. The van der Waals surface area contributed by atoms with Gasteiger partial charge in [-0.2, -0.15) is 0 Å². The van der Waals surface area contributed by atoms with Crippen molar-refractivity contribution in [3.05, 3.63) is 0 Å². The van der Waals surface area contributed by atoms with Crippen molar-refractivity contribution < 1.29 is 74.9 Å². The van der Waals surface area contributed by atoms with Gasteiger partial charge in [-0.05, 0) is 9.39 Å². The van der Waals surface area contributed by atoms with Gasteiger partial charge in [-0.15, -0.1) is 0 Å². The molecule has 1 N–H and O–H groups in total. The molecule has 0 aromatic carbocycles. The summed E-state index contributed by atoms with van der Waals surface area (Å²) in [6.45, 7) is 0. The maximum absolute atomic E-state index is 9.83. The number of hydrogen-bond acceptors (Lipinski definition) is 2. The maximum Gasteiger partial charge on any atom is 0.409 e. The van der Waals surface area contributed by atoms with Gasteiger partial charge in [0.15, 0.2) is 0 Å². The minimum Gasteiger partial charge on any atom is -0.453 e. The molecule has 42 valence electrons. The molecule has 0 saturated carbocycles. The topological polar surface area (TPSA) is 38.3 Å². The van der Waals surface area contributed by atoms with Gasteiger partial charge < -0.3 is 9.82 Å². The normalized spacial score (nSPS) is 5.25. The number of carbonyl (C=O) groups is 1. The number of ether oxygens (including phenoxy) is 1. The third-order valence-corrected chi connectivity index (χ3v) is 0.539. The summed E-state index contributed by atoms with van der Waals surface area (Å²) in [7, 11) is 3.32. The Balaban J connectivity index is -0.000000125. The summed E-state index contributed by atoms with van der Waals surface area (Å²) < 4.78 is 4.13. The average Bonchev–Trinajstić information content (AvgIpc) is 1.65. The van der Waals surface area contributed by atoms with E-state index in [0.29, 0.717) is 0 Å². The molecule has 0 aromatic heterocycles. The van der Waals surface area contributed by atoms with Crippen LogP contribution in [0.1, 0.15) is 0 Å². The first kappa shape index (κ1) is 16.5. The fourth-order valence-corrected chi connectivity index (χ4v) is 0.177. The second-order valence-electron chi connectivity index (χ2n) is 0.636. The molecule has 6 heteroatoms. The van der Waals surface area contributed by atoms with E-state index >= 15 is 0 Å². The van der Waals surface area contributed by atoms with Gasteiger partial charge in [0.25, 0.3) is 0 Å². The van der Waals surface area contributed by atoms with E-state index in [4.69, 9.17) is 0 Å². The van der Waals surface area contributed by atoms with Crippen LogP contribution in [0.5, 0.6) is 0 Å². The number of amides is 1. The Kier molecular flexibility index (Phi) is 24.0. The Morgan fingerprint density at radius 3 is 2.00 bits per heavy atom. The van der Waals surface area contributed by atoms with Crippen LogP contribution in [0.2, 0.25) is 0 Å². The van der Waals surface area contributed by atoms with Crippen molar-refractivity contribution in [2.45, 2.75) is 0 Å². The molecule has 8 heavy (non-hydrogen) atoms. The molecule has 0 aliphatic rings. The molecule has 0 aromatic rings. The summed E-state index contributed by atoms with van der Waals surface area (Å²) >= 11 is 0. The van der Waals surface area contributed by atoms with E-state index in [-0.39, 0.29) is 65.4 Å². The minimum absolute atomic E-state index is 0. The van der Waals surface area contributed by atoms with Crippen LogP contribution in [0.15, 0.2) is 0 Å². The van der Waals surface area contributed by atoms with Crippen molar-refractivity contribution in [3.8, 4) is 0 Å². The molecule has 0 fully saturated rings. The molecule has 0 saturated heterocycles. The molecule has 1 unspecified atom stereocenters. The Bertz CT molecular complexity index is 56.0. The molecule has 0 spiro atoms. The summed E-state index contributed by atoms with van der Waals surface area (Å²) in [5, 5.41) is 2.17. The first-order chi connectivity index (χ1) is 2.81. The number of methoxy groups -OCH3 is 1. The number of carbonyl (C=O) groups excluding carboxylic acids is 1. The van der Waals surface area contributed by atoms with Crippen molar-refractivity contribution in [1.29, 1.82) is 0 Å². The van der Waals surface area contributed by atoms with E-state index in [0.717, 1.165) is 0 Å². The van der Waals surface area contributed by atoms with Crippen molar-refractivity contribution >= 4 is 15.5 Å². The van der Waals surface area contributed by atoms with E-state index < -0.39 is 6.09 Å². The summed E-state index contributed by atoms with van der Waals surface area (Å²) in [5.74, 6) is 0. The maximum atomic E-state index is 9.83. The fourth-order valence-electron chi connectivity index (χ4n) is 0.0589. The zero-order valence-corrected chi connectivity index (χ0v) is 11.4. The van der Waals surface area contributed by atoms with Gasteiger partial charge >= 0.3 is 6.09 Å². The minimum atomic E-state index is -0.444. The third kappa shape index (κ3) is 10.8. The zero-order chi connectivity index (χ0) is 4.99. The Morgan fingerprint density at radius 1 is 1.62 bits per heavy atom. The van der Waals surface area contributed by atoms with Gasteiger partial charge in [0.1, 0.15) is 0 Å². The fraction of sp³-hybridized carbons (Fsp3) is 0.500. The molecule has 0 aliphatic heterocycles. The van der Waals surface area contributed by atoms with Crippen LogP contribution < -0.4 is 5.09 Å². The van der Waals surface area contributed by atoms with Crippen LogP contribution in [-0.2, 0) is 70.2 Å². The molecule has 0 heterocycles. The van der Waals surface area contributed by atoms with E-state index in [1.807, 2.05) is 9.39 Å². The number of nitrogens with one attached hydrogen (secondary N) is 1. The third-order valence-electron chi connectivity index (χ3n) is 0.303. The molecule has 0 bridgehead atoms. The van der Waals surface area contributed by atoms with Gasteiger partial charge in [-0.25, -0.2) is 4.79 Å². The van der Waals surface area contributed by atoms with Gasteiger partial charge in [-0.3, -0.25) is 0 Å². The first-order valence-electron chi connectivity index (χ1n) is 1.36. The molecule has 1 atom stereocenters. The summed E-state index contributed by atoms with van der Waals surface area (Å²) in [4.78, 5) is 9.83. The average molecular weight is 285 g/mol. The standard InChI is InChI=1S/C2H6NO2P.2Y/c1-5-2(4)3-6;;/h6H2,1H3,(H,3,4);;. The number of hydrogen-bond donors (Lipinski definition) is 1. The van der Waals surface area contributed by atoms with Crippen LogP contribution in [0, 0.1) is 0 Å². The molecular formula is C2H6NO2PY2. The quantitative estimate of drug-likeness (QED) is 0.642.